The van der Waals surface area contributed by atoms with Crippen LogP contribution in [0.4, 0.5) is 17.6 Å². The zero-order chi connectivity index (χ0) is 95.0. The van der Waals surface area contributed by atoms with E-state index in [9.17, 15) is 72.2 Å². The van der Waals surface area contributed by atoms with Gasteiger partial charge in [0.25, 0.3) is 22.6 Å². The predicted octanol–water partition coefficient (Wildman–Crippen LogP) is 8.12. The number of benzene rings is 4. The van der Waals surface area contributed by atoms with Gasteiger partial charge in [-0.3, -0.25) is 84.0 Å². The molecule has 124 heavy (non-hydrogen) atoms. The number of rotatable bonds is 20. The molecular formula is C69H70Cl4F4N8O35P4. The fraction of sp³-hybridized carbons (Fsp3) is 0.406. The highest BCUT2D eigenvalue weighted by Gasteiger charge is 2.56. The highest BCUT2D eigenvalue weighted by atomic mass is 35.5. The number of amides is 1. The van der Waals surface area contributed by atoms with Gasteiger partial charge in [0.15, 0.2) is 70.9 Å². The molecule has 4 aromatic carbocycles. The summed E-state index contributed by atoms with van der Waals surface area (Å²) >= 11 is 22.8. The van der Waals surface area contributed by atoms with Gasteiger partial charge in [0.1, 0.15) is 76.7 Å². The van der Waals surface area contributed by atoms with Gasteiger partial charge in [-0.25, -0.2) is 50.2 Å². The van der Waals surface area contributed by atoms with Crippen LogP contribution in [-0.4, -0.2) is 169 Å². The van der Waals surface area contributed by atoms with Gasteiger partial charge in [-0.2, -0.15) is 0 Å². The Hall–Kier alpha value is -8.77. The fourth-order valence-corrected chi connectivity index (χ4v) is 17.6. The Labute approximate surface area is 721 Å². The second kappa shape index (κ2) is 36.9. The number of nitrogens with one attached hydrogen (secondary N) is 4. The van der Waals surface area contributed by atoms with Crippen molar-refractivity contribution in [2.75, 3.05) is 54.8 Å². The molecule has 4 fully saturated rings. The summed E-state index contributed by atoms with van der Waals surface area (Å²) in [6.07, 6.45) is -16.2. The van der Waals surface area contributed by atoms with Crippen LogP contribution < -0.4 is 76.1 Å². The van der Waals surface area contributed by atoms with Crippen LogP contribution in [0.5, 0.6) is 46.0 Å². The minimum atomic E-state index is -4.77. The van der Waals surface area contributed by atoms with Crippen LogP contribution in [0.25, 0.3) is 0 Å². The third-order valence-corrected chi connectivity index (χ3v) is 24.1. The van der Waals surface area contributed by atoms with Crippen molar-refractivity contribution in [3.63, 3.8) is 0 Å². The number of aliphatic hydroxyl groups is 4. The van der Waals surface area contributed by atoms with Crippen LogP contribution in [0.3, 0.4) is 0 Å². The van der Waals surface area contributed by atoms with E-state index >= 15 is 17.6 Å². The topological polar surface area (TPSA) is 531 Å². The van der Waals surface area contributed by atoms with Crippen molar-refractivity contribution >= 4 is 83.6 Å². The van der Waals surface area contributed by atoms with Crippen LogP contribution in [0.15, 0.2) is 144 Å². The lowest BCUT2D eigenvalue weighted by molar-refractivity contribution is -0.184. The van der Waals surface area contributed by atoms with Gasteiger partial charge in [-0.05, 0) is 24.3 Å². The number of ether oxygens (including phenoxy) is 8. The number of carbonyl (C=O) groups excluding carboxylic acids is 1. The summed E-state index contributed by atoms with van der Waals surface area (Å²) in [4.78, 5) is 88.3. The second-order valence-electron chi connectivity index (χ2n) is 26.7. The summed E-state index contributed by atoms with van der Waals surface area (Å²) in [5.74, 6) is -12.4. The number of nitrogens with zero attached hydrogens (tertiary/aromatic N) is 4. The number of fused-ring (bicyclic) bond motifs is 4. The Morgan fingerprint density at radius 2 is 0.774 bits per heavy atom. The predicted molar refractivity (Wildman–Crippen MR) is 413 cm³/mol. The van der Waals surface area contributed by atoms with Crippen LogP contribution >= 0.6 is 77.7 Å². The van der Waals surface area contributed by atoms with Crippen molar-refractivity contribution in [3.8, 4) is 46.0 Å². The number of methoxy groups -OCH3 is 4. The van der Waals surface area contributed by atoms with E-state index in [1.54, 1.807) is 60.7 Å². The van der Waals surface area contributed by atoms with E-state index < -0.39 is 211 Å². The first-order chi connectivity index (χ1) is 60.7. The second-order valence-corrected chi connectivity index (χ2v) is 34.6. The quantitative estimate of drug-likeness (QED) is 0.0264. The normalized spacial score (nSPS) is 32.8. The molecule has 9 aliphatic heterocycles. The molecule has 3 aromatic heterocycles. The Bertz CT molecular complexity index is 6210. The molecule has 8 N–H and O–H groups in total. The molecule has 16 atom stereocenters. The van der Waals surface area contributed by atoms with Gasteiger partial charge in [-0.15, -0.1) is 0 Å². The summed E-state index contributed by atoms with van der Waals surface area (Å²) < 4.78 is 266. The molecule has 7 aromatic rings. The molecule has 0 spiro atoms. The van der Waals surface area contributed by atoms with E-state index in [1.807, 2.05) is 15.0 Å². The first kappa shape index (κ1) is 84.7. The van der Waals surface area contributed by atoms with Crippen LogP contribution in [0.1, 0.15) is 74.8 Å². The lowest BCUT2D eigenvalue weighted by Crippen LogP contribution is -2.46. The number of hydrogen-bond acceptors (Lipinski definition) is 36. The number of alkyl halides is 4. The molecular weight excluding hydrogens is 1840 g/mol. The van der Waals surface area contributed by atoms with E-state index in [4.69, 9.17) is 147 Å². The van der Waals surface area contributed by atoms with Crippen molar-refractivity contribution in [3.05, 3.63) is 215 Å². The maximum Gasteiger partial charge on any atom is 0.530 e. The summed E-state index contributed by atoms with van der Waals surface area (Å²) in [6, 6.07) is 19.2. The SMILES string of the molecule is COc1cccc2c1OP(=O)(OC[C@]1(F)C[C@@H](O)[C@H](n3cc(Cl)c(=O)[nH]c3=O)O1)OC2.[2H]C([2H])(OP1(=O)OCc2cccc(OC)c2O1)[C@]1(F)C[C@@H](O)[C@H](n2cc(Cl)c(=O)[nH]c2=O)O1.[2H]C([2H])(OP1(=O)OCc2cccc(OC)c2O1)[C@]1(F)C[C@@H](O)[C@]([2H])(N2C=C(Cl)C(=O)NC2=C)O1.[2H][C@@]1(n2cc(Cl)c(=O)[nH]c2=O)O[C@](F)(COP2(=O)OCc3cccc(OC)c3O2)C[C@H]1O. The van der Waals surface area contributed by atoms with Crippen LogP contribution in [-0.2, 0) is 105 Å². The maximum atomic E-state index is 15.8. The molecule has 4 saturated heterocycles. The maximum absolute atomic E-state index is 15.8. The number of aromatic nitrogens is 6. The van der Waals surface area contributed by atoms with Gasteiger partial charge in [0, 0.05) is 72.7 Å². The van der Waals surface area contributed by atoms with Crippen LogP contribution in [0.2, 0.25) is 15.1 Å². The van der Waals surface area contributed by atoms with E-state index in [-0.39, 0.29) is 77.5 Å². The molecule has 9 aliphatic rings. The smallest absolute Gasteiger partial charge is 0.493 e. The third kappa shape index (κ3) is 20.6. The van der Waals surface area contributed by atoms with Gasteiger partial charge >= 0.3 is 48.4 Å². The molecule has 672 valence electrons. The molecule has 0 saturated carbocycles. The Balaban J connectivity index is 0.000000148. The van der Waals surface area contributed by atoms with E-state index in [2.05, 4.69) is 11.9 Å². The number of para-hydroxylation sites is 4. The Kier molecular flexibility index (Phi) is 25.2. The fourth-order valence-electron chi connectivity index (χ4n) is 12.3. The molecule has 43 nitrogen and oxygen atoms in total. The Morgan fingerprint density at radius 1 is 0.468 bits per heavy atom. The lowest BCUT2D eigenvalue weighted by Gasteiger charge is -2.33. The molecule has 4 unspecified atom stereocenters. The molecule has 0 bridgehead atoms. The van der Waals surface area contributed by atoms with E-state index in [0.717, 1.165) is 34.3 Å². The zero-order valence-corrected chi connectivity index (χ0v) is 70.1. The van der Waals surface area contributed by atoms with Gasteiger partial charge in [-0.1, -0.05) is 102 Å². The molecule has 0 radical (unpaired) electrons. The number of phosphoric acid groups is 4. The Morgan fingerprint density at radius 3 is 1.16 bits per heavy atom. The van der Waals surface area contributed by atoms with Crippen molar-refractivity contribution < 1.29 is 161 Å². The van der Waals surface area contributed by atoms with Crippen molar-refractivity contribution in [1.82, 2.24) is 38.9 Å². The highest BCUT2D eigenvalue weighted by molar-refractivity contribution is 7.49. The average molecular weight is 1920 g/mol. The monoisotopic (exact) mass is 1920 g/mol. The minimum absolute atomic E-state index is 0.0297. The number of aliphatic hydroxyl groups excluding tert-OH is 4. The number of phosphoric ester groups is 4. The minimum Gasteiger partial charge on any atom is -0.493 e. The van der Waals surface area contributed by atoms with Crippen molar-refractivity contribution in [2.45, 2.75) is 125 Å². The number of H-pyrrole nitrogens is 3. The largest absolute Gasteiger partial charge is 0.530 e. The average Bonchev–Trinajstić information content (AvgIpc) is 1.53. The van der Waals surface area contributed by atoms with E-state index in [1.165, 1.54) is 40.6 Å². The van der Waals surface area contributed by atoms with E-state index in [0.29, 0.717) is 37.1 Å². The first-order valence-electron chi connectivity index (χ1n) is 38.3. The lowest BCUT2D eigenvalue weighted by atomic mass is 10.1. The molecule has 55 heteroatoms. The summed E-state index contributed by atoms with van der Waals surface area (Å²) in [5, 5.41) is 41.7. The summed E-state index contributed by atoms with van der Waals surface area (Å²) in [5.41, 5.74) is -3.95. The number of aromatic amines is 3. The number of hydrogen-bond donors (Lipinski definition) is 8. The molecule has 16 rings (SSSR count). The zero-order valence-electron chi connectivity index (χ0n) is 69.5. The highest BCUT2D eigenvalue weighted by Crippen LogP contribution is 2.62. The van der Waals surface area contributed by atoms with Crippen molar-refractivity contribution in [2.24, 2.45) is 0 Å². The molecule has 0 aliphatic carbocycles. The van der Waals surface area contributed by atoms with Crippen molar-refractivity contribution in [1.29, 1.82) is 0 Å². The van der Waals surface area contributed by atoms with Crippen LogP contribution in [0, 0.1) is 0 Å². The summed E-state index contributed by atoms with van der Waals surface area (Å²) in [6.45, 7) is -6.48. The number of halogens is 8. The van der Waals surface area contributed by atoms with Gasteiger partial charge in [0.2, 0.25) is 23.4 Å². The third-order valence-electron chi connectivity index (χ3n) is 18.1. The number of carbonyl (C=O) groups is 1. The standard InChI is InChI=1S/C18H19ClFN2O8P.3C17H17ClFN2O9P/c1-10-21-16(24)12(19)7-22(10)17-13(23)6-18(20,29-17)9-28-31(25)27-8-11-4-3-5-14(26-2)15(11)30-31;3*1-26-12-4-2-3-9-7-27-31(25,30-13(9)12)28-8-17(19)5-11(22)15(29-17)21-6-10(18)14(23)20-16(21)24/h3-5,7,13,17,23H,1,6,8-9H2,2H3,(H,21,24);3*2-4,6,11,15,22H,5,7-8H2,1H3,(H,20,23,24)/t13-,17-,18+,31?;3*11-,15-,17+,31?/m1111/s1/i9D2,17D;15D;8D2;. The van der Waals surface area contributed by atoms with Gasteiger partial charge < -0.3 is 86.6 Å². The summed E-state index contributed by atoms with van der Waals surface area (Å²) in [7, 11) is -12.6. The molecule has 1 amide bonds. The first-order valence-corrected chi connectivity index (χ1v) is 42.6. The molecule has 12 heterocycles. The van der Waals surface area contributed by atoms with Gasteiger partial charge in [0.05, 0.1) is 63.1 Å².